The molecule has 0 radical (unpaired) electrons. The highest BCUT2D eigenvalue weighted by molar-refractivity contribution is 7.92. The first kappa shape index (κ1) is 17.4. The Morgan fingerprint density at radius 1 is 1.33 bits per heavy atom. The fourth-order valence-corrected chi connectivity index (χ4v) is 2.90. The van der Waals surface area contributed by atoms with Crippen LogP contribution in [-0.4, -0.2) is 37.4 Å². The van der Waals surface area contributed by atoms with Crippen molar-refractivity contribution in [1.82, 2.24) is 5.32 Å². The van der Waals surface area contributed by atoms with Gasteiger partial charge in [-0.1, -0.05) is 13.8 Å². The van der Waals surface area contributed by atoms with Crippen LogP contribution in [0.4, 0.5) is 0 Å². The molecular weight excluding hydrogens is 252 g/mol. The molecule has 0 aromatic heterocycles. The molecule has 0 spiro atoms. The second kappa shape index (κ2) is 6.52. The van der Waals surface area contributed by atoms with Crippen LogP contribution in [0.2, 0.25) is 0 Å². The summed E-state index contributed by atoms with van der Waals surface area (Å²) in [4.78, 5) is 11.9. The summed E-state index contributed by atoms with van der Waals surface area (Å²) in [7, 11) is -3.44. The standard InChI is InChI=1S/C12H26N2O3S/c1-6-12(4,5)14-11(15)10(3)18(16,17)8-9(2)7-13/h9-10H,6-8,13H2,1-5H3,(H,14,15). The van der Waals surface area contributed by atoms with Crippen molar-refractivity contribution in [2.75, 3.05) is 12.3 Å². The summed E-state index contributed by atoms with van der Waals surface area (Å²) in [5, 5.41) is 1.72. The van der Waals surface area contributed by atoms with Gasteiger partial charge in [-0.15, -0.1) is 0 Å². The van der Waals surface area contributed by atoms with E-state index < -0.39 is 21.0 Å². The zero-order chi connectivity index (χ0) is 14.6. The van der Waals surface area contributed by atoms with Crippen LogP contribution in [0.3, 0.4) is 0 Å². The van der Waals surface area contributed by atoms with Gasteiger partial charge in [0.25, 0.3) is 0 Å². The van der Waals surface area contributed by atoms with E-state index in [1.165, 1.54) is 6.92 Å². The molecule has 0 bridgehead atoms. The zero-order valence-electron chi connectivity index (χ0n) is 12.0. The maximum Gasteiger partial charge on any atom is 0.238 e. The molecule has 0 saturated heterocycles. The van der Waals surface area contributed by atoms with Crippen molar-refractivity contribution >= 4 is 15.7 Å². The molecule has 0 heterocycles. The molecule has 0 rings (SSSR count). The minimum Gasteiger partial charge on any atom is -0.350 e. The smallest absolute Gasteiger partial charge is 0.238 e. The van der Waals surface area contributed by atoms with Crippen LogP contribution in [0.25, 0.3) is 0 Å². The Labute approximate surface area is 110 Å². The normalized spacial score (nSPS) is 16.1. The number of nitrogens with one attached hydrogen (secondary N) is 1. The molecule has 0 saturated carbocycles. The van der Waals surface area contributed by atoms with Gasteiger partial charge >= 0.3 is 0 Å². The second-order valence-electron chi connectivity index (χ2n) is 5.54. The van der Waals surface area contributed by atoms with E-state index in [9.17, 15) is 13.2 Å². The van der Waals surface area contributed by atoms with Crippen LogP contribution in [0.15, 0.2) is 0 Å². The predicted molar refractivity (Wildman–Crippen MR) is 74.0 cm³/mol. The maximum absolute atomic E-state index is 12.0. The third-order valence-electron chi connectivity index (χ3n) is 3.17. The topological polar surface area (TPSA) is 89.3 Å². The van der Waals surface area contributed by atoms with Crippen molar-refractivity contribution < 1.29 is 13.2 Å². The molecule has 0 aliphatic carbocycles. The predicted octanol–water partition coefficient (Wildman–Crippen LogP) is 0.689. The third-order valence-corrected chi connectivity index (χ3v) is 5.50. The molecule has 0 aliphatic heterocycles. The van der Waals surface area contributed by atoms with Gasteiger partial charge in [-0.2, -0.15) is 0 Å². The second-order valence-corrected chi connectivity index (χ2v) is 7.91. The lowest BCUT2D eigenvalue weighted by Gasteiger charge is -2.26. The van der Waals surface area contributed by atoms with Crippen molar-refractivity contribution in [2.24, 2.45) is 11.7 Å². The molecule has 3 N–H and O–H groups in total. The molecule has 0 aliphatic rings. The number of sulfone groups is 1. The van der Waals surface area contributed by atoms with Crippen LogP contribution in [0.1, 0.15) is 41.0 Å². The third kappa shape index (κ3) is 5.35. The first-order valence-corrected chi connectivity index (χ1v) is 8.01. The number of rotatable bonds is 7. The van der Waals surface area contributed by atoms with Gasteiger partial charge in [-0.05, 0) is 39.7 Å². The highest BCUT2D eigenvalue weighted by atomic mass is 32.2. The van der Waals surface area contributed by atoms with Gasteiger partial charge in [-0.3, -0.25) is 4.79 Å². The maximum atomic E-state index is 12.0. The Kier molecular flexibility index (Phi) is 6.29. The summed E-state index contributed by atoms with van der Waals surface area (Å²) >= 11 is 0. The Morgan fingerprint density at radius 2 is 1.83 bits per heavy atom. The number of carbonyl (C=O) groups is 1. The van der Waals surface area contributed by atoms with Gasteiger partial charge < -0.3 is 11.1 Å². The van der Waals surface area contributed by atoms with Crippen molar-refractivity contribution in [3.63, 3.8) is 0 Å². The summed E-state index contributed by atoms with van der Waals surface area (Å²) in [6.45, 7) is 9.17. The lowest BCUT2D eigenvalue weighted by molar-refractivity contribution is -0.122. The van der Waals surface area contributed by atoms with Gasteiger partial charge in [0.15, 0.2) is 9.84 Å². The van der Waals surface area contributed by atoms with E-state index in [1.807, 2.05) is 20.8 Å². The van der Waals surface area contributed by atoms with E-state index in [0.29, 0.717) is 6.54 Å². The zero-order valence-corrected chi connectivity index (χ0v) is 12.8. The Balaban J connectivity index is 4.74. The number of hydrogen-bond donors (Lipinski definition) is 2. The fourth-order valence-electron chi connectivity index (χ4n) is 1.30. The van der Waals surface area contributed by atoms with Crippen LogP contribution < -0.4 is 11.1 Å². The lowest BCUT2D eigenvalue weighted by atomic mass is 10.0. The number of nitrogens with two attached hydrogens (primary N) is 1. The highest BCUT2D eigenvalue weighted by Crippen LogP contribution is 2.12. The van der Waals surface area contributed by atoms with Crippen molar-refractivity contribution in [2.45, 2.75) is 51.8 Å². The van der Waals surface area contributed by atoms with Gasteiger partial charge in [0.05, 0.1) is 5.75 Å². The van der Waals surface area contributed by atoms with Crippen LogP contribution >= 0.6 is 0 Å². The molecular formula is C12H26N2O3S. The van der Waals surface area contributed by atoms with E-state index in [1.54, 1.807) is 6.92 Å². The summed E-state index contributed by atoms with van der Waals surface area (Å²) in [5.74, 6) is -0.625. The molecule has 6 heteroatoms. The van der Waals surface area contributed by atoms with E-state index in [-0.39, 0.29) is 17.2 Å². The largest absolute Gasteiger partial charge is 0.350 e. The quantitative estimate of drug-likeness (QED) is 0.717. The molecule has 0 fully saturated rings. The minimum atomic E-state index is -3.44. The van der Waals surface area contributed by atoms with Crippen molar-refractivity contribution in [1.29, 1.82) is 0 Å². The van der Waals surface area contributed by atoms with Crippen molar-refractivity contribution in [3.05, 3.63) is 0 Å². The molecule has 108 valence electrons. The highest BCUT2D eigenvalue weighted by Gasteiger charge is 2.31. The van der Waals surface area contributed by atoms with E-state index in [4.69, 9.17) is 5.73 Å². The van der Waals surface area contributed by atoms with Crippen LogP contribution in [0.5, 0.6) is 0 Å². The molecule has 1 amide bonds. The number of amides is 1. The summed E-state index contributed by atoms with van der Waals surface area (Å²) < 4.78 is 24.0. The molecule has 5 nitrogen and oxygen atoms in total. The van der Waals surface area contributed by atoms with E-state index in [0.717, 1.165) is 6.42 Å². The minimum absolute atomic E-state index is 0.0510. The molecule has 0 aromatic rings. The SMILES string of the molecule is CCC(C)(C)NC(=O)C(C)S(=O)(=O)CC(C)CN. The molecule has 2 atom stereocenters. The first-order chi connectivity index (χ1) is 8.05. The fraction of sp³-hybridized carbons (Fsp3) is 0.917. The monoisotopic (exact) mass is 278 g/mol. The Hall–Kier alpha value is -0.620. The van der Waals surface area contributed by atoms with E-state index >= 15 is 0 Å². The van der Waals surface area contributed by atoms with Gasteiger partial charge in [0.2, 0.25) is 5.91 Å². The summed E-state index contributed by atoms with van der Waals surface area (Å²) in [5.41, 5.74) is 5.03. The van der Waals surface area contributed by atoms with Crippen molar-refractivity contribution in [3.8, 4) is 0 Å². The Bertz CT molecular complexity index is 377. The number of carbonyl (C=O) groups excluding carboxylic acids is 1. The Morgan fingerprint density at radius 3 is 2.22 bits per heavy atom. The van der Waals surface area contributed by atoms with Gasteiger partial charge in [0, 0.05) is 5.54 Å². The summed E-state index contributed by atoms with van der Waals surface area (Å²) in [6, 6.07) is 0. The molecule has 2 unspecified atom stereocenters. The molecule has 18 heavy (non-hydrogen) atoms. The average molecular weight is 278 g/mol. The molecule has 0 aromatic carbocycles. The van der Waals surface area contributed by atoms with Gasteiger partial charge in [-0.25, -0.2) is 8.42 Å². The lowest BCUT2D eigenvalue weighted by Crippen LogP contribution is -2.49. The van der Waals surface area contributed by atoms with Gasteiger partial charge in [0.1, 0.15) is 5.25 Å². The van der Waals surface area contributed by atoms with Crippen LogP contribution in [0, 0.1) is 5.92 Å². The van der Waals surface area contributed by atoms with Crippen LogP contribution in [-0.2, 0) is 14.6 Å². The first-order valence-electron chi connectivity index (χ1n) is 6.29. The number of hydrogen-bond acceptors (Lipinski definition) is 4. The average Bonchev–Trinajstić information content (AvgIpc) is 2.26. The van der Waals surface area contributed by atoms with E-state index in [2.05, 4.69) is 5.32 Å². The summed E-state index contributed by atoms with van der Waals surface area (Å²) in [6.07, 6.45) is 0.741.